The maximum Gasteiger partial charge on any atom is 0.329 e. The van der Waals surface area contributed by atoms with E-state index in [1.54, 1.807) is 0 Å². The number of rotatable bonds is 3. The van der Waals surface area contributed by atoms with E-state index in [0.29, 0.717) is 14.9 Å². The first-order valence-corrected chi connectivity index (χ1v) is 6.71. The lowest BCUT2D eigenvalue weighted by molar-refractivity contribution is -0.140. The van der Waals surface area contributed by atoms with E-state index in [1.165, 1.54) is 18.2 Å². The van der Waals surface area contributed by atoms with Crippen LogP contribution < -0.4 is 5.32 Å². The lowest BCUT2D eigenvalue weighted by atomic mass is 10.2. The SMILES string of the molecule is O=C(O)CN1C(=O)N/C(=C/c2cc(Cl)c(O)c(Br)c2)C1=O. The minimum Gasteiger partial charge on any atom is -0.505 e. The number of phenols is 1. The number of hydrogen-bond donors (Lipinski definition) is 3. The van der Waals surface area contributed by atoms with Crippen molar-refractivity contribution in [2.24, 2.45) is 0 Å². The van der Waals surface area contributed by atoms with Crippen LogP contribution in [0.3, 0.4) is 0 Å². The molecule has 0 unspecified atom stereocenters. The number of urea groups is 1. The number of carboxylic acids is 1. The molecular formula is C12H8BrClN2O5. The Morgan fingerprint density at radius 1 is 1.43 bits per heavy atom. The van der Waals surface area contributed by atoms with Crippen molar-refractivity contribution in [3.63, 3.8) is 0 Å². The zero-order valence-electron chi connectivity index (χ0n) is 10.3. The van der Waals surface area contributed by atoms with Gasteiger partial charge in [0.05, 0.1) is 9.50 Å². The first-order chi connectivity index (χ1) is 9.79. The highest BCUT2D eigenvalue weighted by molar-refractivity contribution is 9.10. The van der Waals surface area contributed by atoms with Gasteiger partial charge in [0.15, 0.2) is 0 Å². The summed E-state index contributed by atoms with van der Waals surface area (Å²) >= 11 is 8.89. The summed E-state index contributed by atoms with van der Waals surface area (Å²) in [6, 6.07) is 2.08. The number of hydrogen-bond acceptors (Lipinski definition) is 4. The highest BCUT2D eigenvalue weighted by atomic mass is 79.9. The van der Waals surface area contributed by atoms with Crippen LogP contribution in [0.2, 0.25) is 5.02 Å². The molecule has 0 atom stereocenters. The van der Waals surface area contributed by atoms with Crippen molar-refractivity contribution >= 4 is 51.5 Å². The first-order valence-electron chi connectivity index (χ1n) is 5.54. The van der Waals surface area contributed by atoms with Crippen molar-refractivity contribution in [2.45, 2.75) is 0 Å². The van der Waals surface area contributed by atoms with Crippen LogP contribution in [-0.2, 0) is 9.59 Å². The molecule has 9 heteroatoms. The molecule has 1 fully saturated rings. The fourth-order valence-electron chi connectivity index (χ4n) is 1.69. The zero-order valence-corrected chi connectivity index (χ0v) is 12.6. The van der Waals surface area contributed by atoms with E-state index in [4.69, 9.17) is 16.7 Å². The fraction of sp³-hybridized carbons (Fsp3) is 0.0833. The smallest absolute Gasteiger partial charge is 0.329 e. The second-order valence-corrected chi connectivity index (χ2v) is 5.37. The first kappa shape index (κ1) is 15.3. The molecule has 1 heterocycles. The summed E-state index contributed by atoms with van der Waals surface area (Å²) in [5.74, 6) is -2.19. The van der Waals surface area contributed by atoms with E-state index < -0.39 is 24.5 Å². The minimum atomic E-state index is -1.30. The van der Waals surface area contributed by atoms with Gasteiger partial charge in [0, 0.05) is 0 Å². The third-order valence-electron chi connectivity index (χ3n) is 2.61. The quantitative estimate of drug-likeness (QED) is 0.551. The van der Waals surface area contributed by atoms with Gasteiger partial charge < -0.3 is 15.5 Å². The summed E-state index contributed by atoms with van der Waals surface area (Å²) < 4.78 is 0.320. The lowest BCUT2D eigenvalue weighted by Gasteiger charge is -2.07. The molecule has 110 valence electrons. The average molecular weight is 376 g/mol. The van der Waals surface area contributed by atoms with Crippen molar-refractivity contribution in [1.29, 1.82) is 0 Å². The molecule has 7 nitrogen and oxygen atoms in total. The number of nitrogens with one attached hydrogen (secondary N) is 1. The number of benzene rings is 1. The van der Waals surface area contributed by atoms with Gasteiger partial charge in [-0.3, -0.25) is 9.59 Å². The molecule has 1 aliphatic heterocycles. The zero-order chi connectivity index (χ0) is 15.7. The molecule has 1 aromatic rings. The summed E-state index contributed by atoms with van der Waals surface area (Å²) in [7, 11) is 0. The van der Waals surface area contributed by atoms with Crippen molar-refractivity contribution in [2.75, 3.05) is 6.54 Å². The molecule has 0 radical (unpaired) electrons. The Kier molecular flexibility index (Phi) is 4.19. The van der Waals surface area contributed by atoms with Crippen LogP contribution in [0.5, 0.6) is 5.75 Å². The number of nitrogens with zero attached hydrogens (tertiary/aromatic N) is 1. The Morgan fingerprint density at radius 3 is 2.67 bits per heavy atom. The highest BCUT2D eigenvalue weighted by Gasteiger charge is 2.34. The fourth-order valence-corrected chi connectivity index (χ4v) is 2.51. The molecule has 1 aromatic carbocycles. The van der Waals surface area contributed by atoms with E-state index >= 15 is 0 Å². The molecule has 2 rings (SSSR count). The molecule has 21 heavy (non-hydrogen) atoms. The van der Waals surface area contributed by atoms with Crippen LogP contribution in [0.15, 0.2) is 22.3 Å². The largest absolute Gasteiger partial charge is 0.505 e. The second-order valence-electron chi connectivity index (χ2n) is 4.11. The van der Waals surface area contributed by atoms with Gasteiger partial charge in [0.2, 0.25) is 0 Å². The Morgan fingerprint density at radius 2 is 2.10 bits per heavy atom. The molecular weight excluding hydrogens is 367 g/mol. The van der Waals surface area contributed by atoms with Crippen LogP contribution >= 0.6 is 27.5 Å². The molecule has 0 bridgehead atoms. The normalized spacial score (nSPS) is 16.5. The van der Waals surface area contributed by atoms with Gasteiger partial charge in [-0.2, -0.15) is 0 Å². The monoisotopic (exact) mass is 374 g/mol. The standard InChI is InChI=1S/C12H8BrClN2O5/c13-6-1-5(2-7(14)10(6)19)3-8-11(20)16(4-9(17)18)12(21)15-8/h1-3,19H,4H2,(H,15,21)(H,17,18)/b8-3+. The number of halogens is 2. The van der Waals surface area contributed by atoms with Crippen molar-refractivity contribution in [3.05, 3.63) is 32.9 Å². The molecule has 1 aliphatic rings. The molecule has 3 amide bonds. The number of aliphatic carboxylic acids is 1. The number of imide groups is 1. The number of carboxylic acid groups (broad SMARTS) is 1. The van der Waals surface area contributed by atoms with E-state index in [2.05, 4.69) is 21.2 Å². The highest BCUT2D eigenvalue weighted by Crippen LogP contribution is 2.33. The van der Waals surface area contributed by atoms with Crippen LogP contribution in [0.4, 0.5) is 4.79 Å². The molecule has 0 spiro atoms. The predicted octanol–water partition coefficient (Wildman–Crippen LogP) is 1.79. The molecule has 0 aliphatic carbocycles. The van der Waals surface area contributed by atoms with Gasteiger partial charge in [-0.1, -0.05) is 11.6 Å². The topological polar surface area (TPSA) is 107 Å². The van der Waals surface area contributed by atoms with Gasteiger partial charge in [0.1, 0.15) is 18.0 Å². The minimum absolute atomic E-state index is 0.0652. The molecule has 0 aromatic heterocycles. The van der Waals surface area contributed by atoms with Crippen LogP contribution in [0, 0.1) is 0 Å². The number of aromatic hydroxyl groups is 1. The van der Waals surface area contributed by atoms with E-state index in [0.717, 1.165) is 0 Å². The van der Waals surface area contributed by atoms with Crippen LogP contribution in [-0.4, -0.2) is 39.6 Å². The summed E-state index contributed by atoms with van der Waals surface area (Å²) in [4.78, 5) is 34.6. The van der Waals surface area contributed by atoms with Gasteiger partial charge in [-0.15, -0.1) is 0 Å². The van der Waals surface area contributed by atoms with Crippen molar-refractivity contribution in [3.8, 4) is 5.75 Å². The van der Waals surface area contributed by atoms with Gasteiger partial charge in [-0.25, -0.2) is 9.69 Å². The van der Waals surface area contributed by atoms with E-state index in [1.807, 2.05) is 0 Å². The summed E-state index contributed by atoms with van der Waals surface area (Å²) in [6.45, 7) is -0.720. The predicted molar refractivity (Wildman–Crippen MR) is 76.7 cm³/mol. The number of phenolic OH excluding ortho intramolecular Hbond substituents is 1. The number of carbonyl (C=O) groups excluding carboxylic acids is 2. The van der Waals surface area contributed by atoms with Crippen molar-refractivity contribution < 1.29 is 24.6 Å². The average Bonchev–Trinajstić information content (AvgIpc) is 2.63. The number of carbonyl (C=O) groups is 3. The molecule has 1 saturated heterocycles. The molecule has 0 saturated carbocycles. The third kappa shape index (κ3) is 3.17. The Hall–Kier alpha value is -2.06. The molecule has 3 N–H and O–H groups in total. The maximum atomic E-state index is 11.9. The van der Waals surface area contributed by atoms with Crippen LogP contribution in [0.25, 0.3) is 6.08 Å². The van der Waals surface area contributed by atoms with Gasteiger partial charge in [-0.05, 0) is 39.7 Å². The Bertz CT molecular complexity index is 665. The third-order valence-corrected chi connectivity index (χ3v) is 3.50. The summed E-state index contributed by atoms with van der Waals surface area (Å²) in [6.07, 6.45) is 1.33. The van der Waals surface area contributed by atoms with Crippen LogP contribution in [0.1, 0.15) is 5.56 Å². The van der Waals surface area contributed by atoms with Crippen molar-refractivity contribution in [1.82, 2.24) is 10.2 Å². The van der Waals surface area contributed by atoms with E-state index in [9.17, 15) is 19.5 Å². The summed E-state index contributed by atoms with van der Waals surface area (Å²) in [5, 5.41) is 20.5. The summed E-state index contributed by atoms with van der Waals surface area (Å²) in [5.41, 5.74) is 0.375. The van der Waals surface area contributed by atoms with Gasteiger partial charge in [0.25, 0.3) is 5.91 Å². The second kappa shape index (κ2) is 5.74. The Labute approximate surface area is 131 Å². The number of amides is 3. The lowest BCUT2D eigenvalue weighted by Crippen LogP contribution is -2.35. The Balaban J connectivity index is 2.33. The maximum absolute atomic E-state index is 11.9. The van der Waals surface area contributed by atoms with E-state index in [-0.39, 0.29) is 16.5 Å². The van der Waals surface area contributed by atoms with Gasteiger partial charge >= 0.3 is 12.0 Å².